The molecule has 21 heavy (non-hydrogen) atoms. The first-order valence-electron chi connectivity index (χ1n) is 6.59. The van der Waals surface area contributed by atoms with Crippen LogP contribution in [0.15, 0.2) is 30.3 Å². The van der Waals surface area contributed by atoms with Crippen LogP contribution in [0.1, 0.15) is 40.6 Å². The number of carbonyl (C=O) groups is 1. The fraction of sp³-hybridized carbons (Fsp3) is 0.357. The van der Waals surface area contributed by atoms with Gasteiger partial charge in [-0.3, -0.25) is 9.63 Å². The van der Waals surface area contributed by atoms with E-state index in [1.807, 2.05) is 30.3 Å². The van der Waals surface area contributed by atoms with E-state index in [1.54, 1.807) is 0 Å². The van der Waals surface area contributed by atoms with E-state index in [1.165, 1.54) is 18.8 Å². The minimum Gasteiger partial charge on any atom is -0.274 e. The topological polar surface area (TPSA) is 60.2 Å². The molecular formula is C14H15FN4O2. The fourth-order valence-electron chi connectivity index (χ4n) is 2.45. The Labute approximate surface area is 121 Å². The molecule has 0 saturated heterocycles. The van der Waals surface area contributed by atoms with Crippen LogP contribution < -0.4 is 0 Å². The van der Waals surface area contributed by atoms with Crippen molar-refractivity contribution in [1.82, 2.24) is 19.8 Å². The lowest BCUT2D eigenvalue weighted by Gasteiger charge is -2.12. The maximum Gasteiger partial charge on any atom is 0.316 e. The Morgan fingerprint density at radius 3 is 2.81 bits per heavy atom. The normalized spacial score (nSPS) is 20.3. The second kappa shape index (κ2) is 5.25. The first-order valence-corrected chi connectivity index (χ1v) is 6.59. The lowest BCUT2D eigenvalue weighted by molar-refractivity contribution is -0.0764. The van der Waals surface area contributed by atoms with Gasteiger partial charge in [-0.05, 0) is 5.56 Å². The molecule has 2 atom stereocenters. The Balaban J connectivity index is 1.96. The third-order valence-corrected chi connectivity index (χ3v) is 3.60. The van der Waals surface area contributed by atoms with E-state index in [9.17, 15) is 9.18 Å². The van der Waals surface area contributed by atoms with Crippen molar-refractivity contribution < 1.29 is 14.0 Å². The highest BCUT2D eigenvalue weighted by Gasteiger charge is 2.36. The lowest BCUT2D eigenvalue weighted by Crippen LogP contribution is -2.26. The summed E-state index contributed by atoms with van der Waals surface area (Å²) in [5, 5.41) is 5.17. The van der Waals surface area contributed by atoms with E-state index < -0.39 is 12.1 Å². The summed E-state index contributed by atoms with van der Waals surface area (Å²) >= 11 is 0. The molecule has 6 nitrogen and oxygen atoms in total. The molecule has 2 aromatic rings. The number of nitrogens with zero attached hydrogens (tertiary/aromatic N) is 4. The number of amides is 1. The van der Waals surface area contributed by atoms with Gasteiger partial charge in [-0.25, -0.2) is 19.1 Å². The maximum atomic E-state index is 14.1. The summed E-state index contributed by atoms with van der Waals surface area (Å²) in [7, 11) is 2.82. The highest BCUT2D eigenvalue weighted by molar-refractivity contribution is 5.89. The van der Waals surface area contributed by atoms with Gasteiger partial charge in [0.25, 0.3) is 0 Å². The largest absolute Gasteiger partial charge is 0.316 e. The quantitative estimate of drug-likeness (QED) is 0.810. The summed E-state index contributed by atoms with van der Waals surface area (Å²) in [6.45, 7) is 0. The van der Waals surface area contributed by atoms with Crippen molar-refractivity contribution in [3.05, 3.63) is 47.5 Å². The molecule has 1 aromatic carbocycles. The number of hydroxylamine groups is 2. The standard InChI is InChI=1S/C14H15FN4O2/c1-18(21-2)14(20)12-16-13-10(15)8-11(19(13)17-12)9-6-4-3-5-7-9/h3-7,10-11H,8H2,1-2H3/t10-,11+/m0/s1. The van der Waals surface area contributed by atoms with Gasteiger partial charge in [0.1, 0.15) is 0 Å². The Morgan fingerprint density at radius 1 is 1.43 bits per heavy atom. The molecule has 0 fully saturated rings. The predicted molar refractivity (Wildman–Crippen MR) is 72.2 cm³/mol. The smallest absolute Gasteiger partial charge is 0.274 e. The van der Waals surface area contributed by atoms with Crippen LogP contribution in [0.2, 0.25) is 0 Å². The minimum absolute atomic E-state index is 0.0577. The predicted octanol–water partition coefficient (Wildman–Crippen LogP) is 1.92. The second-order valence-electron chi connectivity index (χ2n) is 4.85. The zero-order chi connectivity index (χ0) is 15.0. The molecule has 0 saturated carbocycles. The third-order valence-electron chi connectivity index (χ3n) is 3.60. The zero-order valence-electron chi connectivity index (χ0n) is 11.7. The molecule has 3 rings (SSSR count). The van der Waals surface area contributed by atoms with Gasteiger partial charge in [0.15, 0.2) is 12.0 Å². The Hall–Kier alpha value is -2.28. The number of hydrogen-bond donors (Lipinski definition) is 0. The summed E-state index contributed by atoms with van der Waals surface area (Å²) < 4.78 is 15.6. The van der Waals surface area contributed by atoms with Crippen LogP contribution >= 0.6 is 0 Å². The van der Waals surface area contributed by atoms with Crippen LogP contribution in [0.25, 0.3) is 0 Å². The lowest BCUT2D eigenvalue weighted by atomic mass is 10.0. The van der Waals surface area contributed by atoms with Gasteiger partial charge in [-0.15, -0.1) is 5.10 Å². The van der Waals surface area contributed by atoms with Gasteiger partial charge in [0.05, 0.1) is 13.2 Å². The molecule has 0 spiro atoms. The van der Waals surface area contributed by atoms with Crippen molar-refractivity contribution in [3.8, 4) is 0 Å². The molecule has 1 aliphatic rings. The Kier molecular flexibility index (Phi) is 3.42. The molecule has 0 N–H and O–H groups in total. The van der Waals surface area contributed by atoms with Gasteiger partial charge in [-0.1, -0.05) is 30.3 Å². The number of halogens is 1. The van der Waals surface area contributed by atoms with Gasteiger partial charge in [-0.2, -0.15) is 0 Å². The minimum atomic E-state index is -1.22. The first kappa shape index (κ1) is 13.7. The molecule has 7 heteroatoms. The monoisotopic (exact) mass is 290 g/mol. The highest BCUT2D eigenvalue weighted by Crippen LogP contribution is 2.39. The average molecular weight is 290 g/mol. The van der Waals surface area contributed by atoms with E-state index in [0.29, 0.717) is 0 Å². The first-order chi connectivity index (χ1) is 10.1. The molecule has 1 aliphatic heterocycles. The third kappa shape index (κ3) is 2.29. The maximum absolute atomic E-state index is 14.1. The summed E-state index contributed by atoms with van der Waals surface area (Å²) in [5.41, 5.74) is 0.947. The molecule has 1 aromatic heterocycles. The molecule has 2 heterocycles. The van der Waals surface area contributed by atoms with E-state index >= 15 is 0 Å². The van der Waals surface area contributed by atoms with Crippen LogP contribution in [0.5, 0.6) is 0 Å². The van der Waals surface area contributed by atoms with Crippen LogP contribution in [0, 0.1) is 0 Å². The van der Waals surface area contributed by atoms with E-state index in [4.69, 9.17) is 4.84 Å². The summed E-state index contributed by atoms with van der Waals surface area (Å²) in [5.74, 6) is -0.368. The Morgan fingerprint density at radius 2 is 2.14 bits per heavy atom. The van der Waals surface area contributed by atoms with E-state index in [2.05, 4.69) is 10.1 Å². The molecule has 0 bridgehead atoms. The molecule has 110 valence electrons. The number of carbonyl (C=O) groups excluding carboxylic acids is 1. The van der Waals surface area contributed by atoms with E-state index in [0.717, 1.165) is 10.6 Å². The summed E-state index contributed by atoms with van der Waals surface area (Å²) in [6.07, 6.45) is -0.939. The molecule has 0 radical (unpaired) electrons. The van der Waals surface area contributed by atoms with Crippen molar-refractivity contribution in [1.29, 1.82) is 0 Å². The summed E-state index contributed by atoms with van der Waals surface area (Å²) in [4.78, 5) is 20.8. The van der Waals surface area contributed by atoms with Crippen molar-refractivity contribution in [2.24, 2.45) is 0 Å². The van der Waals surface area contributed by atoms with E-state index in [-0.39, 0.29) is 24.1 Å². The van der Waals surface area contributed by atoms with Crippen molar-refractivity contribution in [2.45, 2.75) is 18.6 Å². The SMILES string of the molecule is CON(C)C(=O)c1nc2n(n1)[C@@H](c1ccccc1)C[C@@H]2F. The molecular weight excluding hydrogens is 275 g/mol. The number of aromatic nitrogens is 3. The highest BCUT2D eigenvalue weighted by atomic mass is 19.1. The van der Waals surface area contributed by atoms with Crippen LogP contribution in [-0.4, -0.2) is 39.9 Å². The Bertz CT molecular complexity index is 658. The van der Waals surface area contributed by atoms with Crippen molar-refractivity contribution in [2.75, 3.05) is 14.2 Å². The molecule has 0 unspecified atom stereocenters. The molecule has 1 amide bonds. The molecule has 0 aliphatic carbocycles. The van der Waals surface area contributed by atoms with Crippen molar-refractivity contribution >= 4 is 5.91 Å². The van der Waals surface area contributed by atoms with Crippen LogP contribution in [-0.2, 0) is 4.84 Å². The second-order valence-corrected chi connectivity index (χ2v) is 4.85. The van der Waals surface area contributed by atoms with Gasteiger partial charge in [0, 0.05) is 13.5 Å². The van der Waals surface area contributed by atoms with Crippen molar-refractivity contribution in [3.63, 3.8) is 0 Å². The average Bonchev–Trinajstić information content (AvgIpc) is 3.07. The number of rotatable bonds is 3. The van der Waals surface area contributed by atoms with Crippen LogP contribution in [0.3, 0.4) is 0 Å². The number of alkyl halides is 1. The zero-order valence-corrected chi connectivity index (χ0v) is 11.7. The van der Waals surface area contributed by atoms with Crippen LogP contribution in [0.4, 0.5) is 4.39 Å². The number of hydrogen-bond acceptors (Lipinski definition) is 4. The fourth-order valence-corrected chi connectivity index (χ4v) is 2.45. The van der Waals surface area contributed by atoms with Gasteiger partial charge < -0.3 is 0 Å². The number of fused-ring (bicyclic) bond motifs is 1. The van der Waals surface area contributed by atoms with Gasteiger partial charge in [0.2, 0.25) is 5.82 Å². The van der Waals surface area contributed by atoms with Gasteiger partial charge >= 0.3 is 5.91 Å². The summed E-state index contributed by atoms with van der Waals surface area (Å²) in [6, 6.07) is 9.27. The number of benzene rings is 1.